The average molecular weight is 394 g/mol. The first-order valence-electron chi connectivity index (χ1n) is 9.74. The van der Waals surface area contributed by atoms with Gasteiger partial charge in [0, 0.05) is 28.3 Å². The number of nitrogens with one attached hydrogen (secondary N) is 1. The van der Waals surface area contributed by atoms with Gasteiger partial charge in [0.15, 0.2) is 0 Å². The van der Waals surface area contributed by atoms with Crippen LogP contribution in [0.5, 0.6) is 0 Å². The van der Waals surface area contributed by atoms with Crippen LogP contribution in [0.3, 0.4) is 0 Å². The van der Waals surface area contributed by atoms with Crippen LogP contribution < -0.4 is 10.5 Å². The number of benzene rings is 2. The topological polar surface area (TPSA) is 50.9 Å². The highest BCUT2D eigenvalue weighted by molar-refractivity contribution is 7.97. The van der Waals surface area contributed by atoms with Crippen molar-refractivity contribution in [3.63, 3.8) is 0 Å². The van der Waals surface area contributed by atoms with E-state index < -0.39 is 0 Å². The number of hydrogen-bond donors (Lipinski definition) is 2. The summed E-state index contributed by atoms with van der Waals surface area (Å²) >= 11 is 1.66. The van der Waals surface area contributed by atoms with Crippen LogP contribution in [0.1, 0.15) is 32.1 Å². The van der Waals surface area contributed by atoms with E-state index >= 15 is 0 Å². The highest BCUT2D eigenvalue weighted by Gasteiger charge is 2.15. The fraction of sp³-hybridized carbons (Fsp3) is 0.261. The third kappa shape index (κ3) is 4.37. The van der Waals surface area contributed by atoms with Gasteiger partial charge in [0.25, 0.3) is 0 Å². The second-order valence-corrected chi connectivity index (χ2v) is 8.10. The molecule has 0 amide bonds. The van der Waals surface area contributed by atoms with Gasteiger partial charge in [-0.25, -0.2) is 9.37 Å². The van der Waals surface area contributed by atoms with E-state index in [2.05, 4.69) is 15.8 Å². The highest BCUT2D eigenvalue weighted by atomic mass is 32.2. The summed E-state index contributed by atoms with van der Waals surface area (Å²) in [5, 5.41) is 0. The van der Waals surface area contributed by atoms with Crippen LogP contribution in [0.2, 0.25) is 0 Å². The van der Waals surface area contributed by atoms with E-state index in [9.17, 15) is 4.39 Å². The molecule has 0 aliphatic heterocycles. The van der Waals surface area contributed by atoms with Crippen LogP contribution >= 0.6 is 11.9 Å². The van der Waals surface area contributed by atoms with E-state index in [0.29, 0.717) is 17.4 Å². The largest absolute Gasteiger partial charge is 0.384 e. The van der Waals surface area contributed by atoms with Gasteiger partial charge in [0.2, 0.25) is 0 Å². The predicted molar refractivity (Wildman–Crippen MR) is 115 cm³/mol. The molecule has 0 atom stereocenters. The highest BCUT2D eigenvalue weighted by Crippen LogP contribution is 2.34. The van der Waals surface area contributed by atoms with E-state index in [0.717, 1.165) is 21.6 Å². The Morgan fingerprint density at radius 2 is 1.71 bits per heavy atom. The van der Waals surface area contributed by atoms with Crippen molar-refractivity contribution in [3.8, 4) is 22.3 Å². The summed E-state index contributed by atoms with van der Waals surface area (Å²) in [6.07, 6.45) is 8.00. The smallest absolute Gasteiger partial charge is 0.131 e. The molecule has 0 spiro atoms. The third-order valence-corrected chi connectivity index (χ3v) is 6.23. The minimum absolute atomic E-state index is 0.260. The summed E-state index contributed by atoms with van der Waals surface area (Å²) in [6, 6.07) is 17.6. The quantitative estimate of drug-likeness (QED) is 0.517. The Kier molecular flexibility index (Phi) is 5.93. The normalized spacial score (nSPS) is 14.9. The lowest BCUT2D eigenvalue weighted by Crippen LogP contribution is -2.25. The zero-order valence-corrected chi connectivity index (χ0v) is 16.5. The molecule has 0 radical (unpaired) electrons. The lowest BCUT2D eigenvalue weighted by Gasteiger charge is -2.22. The van der Waals surface area contributed by atoms with Crippen molar-refractivity contribution in [2.45, 2.75) is 43.0 Å². The molecular weight excluding hydrogens is 369 g/mol. The van der Waals surface area contributed by atoms with Crippen molar-refractivity contribution >= 4 is 17.8 Å². The third-order valence-electron chi connectivity index (χ3n) is 5.21. The molecule has 1 aliphatic rings. The van der Waals surface area contributed by atoms with Crippen LogP contribution in [0.25, 0.3) is 22.3 Å². The number of aromatic nitrogens is 1. The minimum Gasteiger partial charge on any atom is -0.384 e. The summed E-state index contributed by atoms with van der Waals surface area (Å²) in [6.45, 7) is 0. The van der Waals surface area contributed by atoms with Gasteiger partial charge in [0.1, 0.15) is 11.6 Å². The van der Waals surface area contributed by atoms with Crippen molar-refractivity contribution in [3.05, 3.63) is 66.6 Å². The van der Waals surface area contributed by atoms with E-state index in [-0.39, 0.29) is 5.82 Å². The van der Waals surface area contributed by atoms with E-state index in [1.165, 1.54) is 32.1 Å². The number of nitrogen functional groups attached to an aromatic ring is 1. The van der Waals surface area contributed by atoms with Crippen LogP contribution in [-0.2, 0) is 0 Å². The first-order valence-corrected chi connectivity index (χ1v) is 10.6. The number of pyridine rings is 1. The molecule has 0 saturated heterocycles. The summed E-state index contributed by atoms with van der Waals surface area (Å²) in [4.78, 5) is 5.18. The molecule has 2 aromatic carbocycles. The minimum atomic E-state index is -0.260. The molecule has 3 N–H and O–H groups in total. The van der Waals surface area contributed by atoms with Crippen LogP contribution in [-0.4, -0.2) is 11.0 Å². The van der Waals surface area contributed by atoms with Gasteiger partial charge in [0.05, 0.1) is 0 Å². The number of nitrogens with zero attached hydrogens (tertiary/aromatic N) is 1. The number of halogens is 1. The summed E-state index contributed by atoms with van der Waals surface area (Å²) in [5.74, 6) is 0.168. The summed E-state index contributed by atoms with van der Waals surface area (Å²) < 4.78 is 18.5. The maximum absolute atomic E-state index is 14.8. The first-order chi connectivity index (χ1) is 13.7. The van der Waals surface area contributed by atoms with Gasteiger partial charge in [-0.15, -0.1) is 0 Å². The fourth-order valence-electron chi connectivity index (χ4n) is 3.64. The number of hydrogen-bond acceptors (Lipinski definition) is 4. The Balaban J connectivity index is 1.57. The predicted octanol–water partition coefficient (Wildman–Crippen LogP) is 6.07. The number of anilines is 1. The van der Waals surface area contributed by atoms with Gasteiger partial charge in [-0.2, -0.15) is 0 Å². The van der Waals surface area contributed by atoms with Crippen molar-refractivity contribution in [2.75, 3.05) is 5.73 Å². The molecule has 3 aromatic rings. The van der Waals surface area contributed by atoms with E-state index in [1.807, 2.05) is 30.3 Å². The zero-order chi connectivity index (χ0) is 19.3. The molecule has 0 bridgehead atoms. The Bertz CT molecular complexity index is 937. The Labute approximate surface area is 169 Å². The molecule has 3 nitrogen and oxygen atoms in total. The molecule has 5 heteroatoms. The van der Waals surface area contributed by atoms with Gasteiger partial charge in [-0.3, -0.25) is 4.72 Å². The van der Waals surface area contributed by atoms with Gasteiger partial charge >= 0.3 is 0 Å². The van der Waals surface area contributed by atoms with Gasteiger partial charge in [-0.1, -0.05) is 49.6 Å². The summed E-state index contributed by atoms with van der Waals surface area (Å²) in [5.41, 5.74) is 8.79. The van der Waals surface area contributed by atoms with Crippen LogP contribution in [0, 0.1) is 5.82 Å². The second-order valence-electron chi connectivity index (χ2n) is 7.22. The van der Waals surface area contributed by atoms with Crippen molar-refractivity contribution in [1.82, 2.24) is 9.71 Å². The fourth-order valence-corrected chi connectivity index (χ4v) is 4.61. The molecule has 0 unspecified atom stereocenters. The molecule has 1 fully saturated rings. The van der Waals surface area contributed by atoms with Gasteiger partial charge in [-0.05, 0) is 60.2 Å². The van der Waals surface area contributed by atoms with Crippen molar-refractivity contribution < 1.29 is 4.39 Å². The Morgan fingerprint density at radius 3 is 2.46 bits per heavy atom. The molecule has 1 heterocycles. The SMILES string of the molecule is Nc1ccc(-c2ccc(-c3ccccc3SNC3CCCCC3)cc2F)cn1. The molecular formula is C23H24FN3S. The zero-order valence-electron chi connectivity index (χ0n) is 15.7. The molecule has 1 saturated carbocycles. The summed E-state index contributed by atoms with van der Waals surface area (Å²) in [7, 11) is 0. The number of rotatable bonds is 5. The molecule has 144 valence electrons. The lowest BCUT2D eigenvalue weighted by molar-refractivity contribution is 0.423. The lowest BCUT2D eigenvalue weighted by atomic mass is 9.96. The maximum Gasteiger partial charge on any atom is 0.131 e. The standard InChI is InChI=1S/C23H24FN3S/c24-21-14-16(10-12-19(21)17-11-13-23(25)26-15-17)20-8-4-5-9-22(20)28-27-18-6-2-1-3-7-18/h4-5,8-15,18,27H,1-3,6-7H2,(H2,25,26). The molecule has 28 heavy (non-hydrogen) atoms. The number of nitrogens with two attached hydrogens (primary N) is 1. The molecule has 4 rings (SSSR count). The van der Waals surface area contributed by atoms with Gasteiger partial charge < -0.3 is 5.73 Å². The maximum atomic E-state index is 14.8. The van der Waals surface area contributed by atoms with Crippen molar-refractivity contribution in [1.29, 1.82) is 0 Å². The van der Waals surface area contributed by atoms with E-state index in [4.69, 9.17) is 5.73 Å². The van der Waals surface area contributed by atoms with Crippen LogP contribution in [0.4, 0.5) is 10.2 Å². The Morgan fingerprint density at radius 1 is 0.929 bits per heavy atom. The molecule has 1 aromatic heterocycles. The van der Waals surface area contributed by atoms with Crippen molar-refractivity contribution in [2.24, 2.45) is 0 Å². The average Bonchev–Trinajstić information content (AvgIpc) is 2.74. The van der Waals surface area contributed by atoms with Crippen LogP contribution in [0.15, 0.2) is 65.7 Å². The second kappa shape index (κ2) is 8.76. The Hall–Kier alpha value is -2.37. The molecule has 1 aliphatic carbocycles. The van der Waals surface area contributed by atoms with E-state index in [1.54, 1.807) is 36.3 Å². The monoisotopic (exact) mass is 393 g/mol. The first kappa shape index (κ1) is 19.0.